The number of ether oxygens (including phenoxy) is 1. The van der Waals surface area contributed by atoms with E-state index in [4.69, 9.17) is 17.0 Å². The minimum atomic E-state index is -5.14. The molecule has 1 saturated heterocycles. The van der Waals surface area contributed by atoms with Crippen molar-refractivity contribution < 1.29 is 27.8 Å². The standard InChI is InChI=1S/C15H17F3N2O3S/c1-3-23-12(21)10-11(9-6-4-8(2)5-7-9)19-13(24)20-14(10,22)15(16,17)18/h4-7,10-11,22H,3H2,1-2H3,(H2,19,20,24)/t10-,11-,14-/m1/s1. The normalized spacial score (nSPS) is 27.2. The second kappa shape index (κ2) is 6.56. The van der Waals surface area contributed by atoms with Gasteiger partial charge in [-0.3, -0.25) is 4.79 Å². The van der Waals surface area contributed by atoms with Gasteiger partial charge >= 0.3 is 12.1 Å². The largest absolute Gasteiger partial charge is 0.466 e. The van der Waals surface area contributed by atoms with Gasteiger partial charge in [-0.2, -0.15) is 13.2 Å². The van der Waals surface area contributed by atoms with Crippen LogP contribution in [0.25, 0.3) is 0 Å². The van der Waals surface area contributed by atoms with Crippen LogP contribution in [-0.4, -0.2) is 34.7 Å². The van der Waals surface area contributed by atoms with E-state index < -0.39 is 34.9 Å². The average Bonchev–Trinajstić information content (AvgIpc) is 2.46. The quantitative estimate of drug-likeness (QED) is 0.564. The fourth-order valence-electron chi connectivity index (χ4n) is 2.59. The van der Waals surface area contributed by atoms with E-state index in [1.807, 2.05) is 6.92 Å². The molecule has 3 N–H and O–H groups in total. The Morgan fingerprint density at radius 3 is 2.46 bits per heavy atom. The van der Waals surface area contributed by atoms with Crippen molar-refractivity contribution in [2.45, 2.75) is 31.8 Å². The van der Waals surface area contributed by atoms with Crippen LogP contribution in [0, 0.1) is 12.8 Å². The second-order valence-electron chi connectivity index (χ2n) is 5.48. The maximum atomic E-state index is 13.5. The molecular formula is C15H17F3N2O3S. The molecule has 0 aliphatic carbocycles. The molecule has 0 spiro atoms. The van der Waals surface area contributed by atoms with E-state index in [9.17, 15) is 23.1 Å². The Hall–Kier alpha value is -1.87. The summed E-state index contributed by atoms with van der Waals surface area (Å²) in [5.41, 5.74) is -2.25. The topological polar surface area (TPSA) is 70.6 Å². The molecule has 3 atom stereocenters. The Kier molecular flexibility index (Phi) is 5.05. The first kappa shape index (κ1) is 18.5. The van der Waals surface area contributed by atoms with Gasteiger partial charge in [0.1, 0.15) is 5.92 Å². The number of nitrogens with one attached hydrogen (secondary N) is 2. The van der Waals surface area contributed by atoms with Crippen LogP contribution in [0.5, 0.6) is 0 Å². The fourth-order valence-corrected chi connectivity index (χ4v) is 2.87. The SMILES string of the molecule is CCOC(=O)[C@H]1[C@@H](c2ccc(C)cc2)NC(=S)N[C@]1(O)C(F)(F)F. The van der Waals surface area contributed by atoms with E-state index in [1.165, 1.54) is 6.92 Å². The maximum Gasteiger partial charge on any atom is 0.437 e. The molecule has 5 nitrogen and oxygen atoms in total. The number of aliphatic hydroxyl groups is 1. The molecule has 0 amide bonds. The highest BCUT2D eigenvalue weighted by Gasteiger charge is 2.66. The zero-order chi connectivity index (χ0) is 18.1. The molecule has 2 rings (SSSR count). The van der Waals surface area contributed by atoms with Crippen molar-refractivity contribution >= 4 is 23.3 Å². The number of hydrogen-bond donors (Lipinski definition) is 3. The predicted octanol–water partition coefficient (Wildman–Crippen LogP) is 1.94. The molecule has 0 unspecified atom stereocenters. The lowest BCUT2D eigenvalue weighted by molar-refractivity contribution is -0.292. The van der Waals surface area contributed by atoms with Gasteiger partial charge in [0.05, 0.1) is 12.6 Å². The van der Waals surface area contributed by atoms with E-state index in [0.717, 1.165) is 5.56 Å². The van der Waals surface area contributed by atoms with Gasteiger partial charge in [0.25, 0.3) is 5.72 Å². The lowest BCUT2D eigenvalue weighted by Gasteiger charge is -2.45. The summed E-state index contributed by atoms with van der Waals surface area (Å²) in [7, 11) is 0. The van der Waals surface area contributed by atoms with E-state index in [-0.39, 0.29) is 6.61 Å². The molecule has 132 valence electrons. The van der Waals surface area contributed by atoms with Crippen LogP contribution in [0.3, 0.4) is 0 Å². The van der Waals surface area contributed by atoms with Gasteiger partial charge in [0.15, 0.2) is 5.11 Å². The average molecular weight is 362 g/mol. The summed E-state index contributed by atoms with van der Waals surface area (Å²) in [6.07, 6.45) is -5.14. The Morgan fingerprint density at radius 1 is 1.38 bits per heavy atom. The van der Waals surface area contributed by atoms with Crippen molar-refractivity contribution in [3.63, 3.8) is 0 Å². The van der Waals surface area contributed by atoms with Gasteiger partial charge in [-0.15, -0.1) is 0 Å². The monoisotopic (exact) mass is 362 g/mol. The molecule has 0 bridgehead atoms. The zero-order valence-corrected chi connectivity index (χ0v) is 13.8. The molecule has 1 fully saturated rings. The lowest BCUT2D eigenvalue weighted by Crippen LogP contribution is -2.73. The van der Waals surface area contributed by atoms with Gasteiger partial charge in [0, 0.05) is 0 Å². The van der Waals surface area contributed by atoms with E-state index in [0.29, 0.717) is 5.56 Å². The van der Waals surface area contributed by atoms with Crippen molar-refractivity contribution in [3.05, 3.63) is 35.4 Å². The van der Waals surface area contributed by atoms with Gasteiger partial charge in [0.2, 0.25) is 0 Å². The van der Waals surface area contributed by atoms with Crippen molar-refractivity contribution in [1.29, 1.82) is 0 Å². The molecule has 1 aliphatic heterocycles. The third-order valence-corrected chi connectivity index (χ3v) is 4.00. The molecule has 1 aliphatic rings. The van der Waals surface area contributed by atoms with Crippen LogP contribution in [0.4, 0.5) is 13.2 Å². The number of benzene rings is 1. The van der Waals surface area contributed by atoms with Gasteiger partial charge < -0.3 is 20.5 Å². The number of thiocarbonyl (C=S) groups is 1. The van der Waals surface area contributed by atoms with Crippen molar-refractivity contribution in [3.8, 4) is 0 Å². The maximum absolute atomic E-state index is 13.5. The van der Waals surface area contributed by atoms with Gasteiger partial charge in [-0.25, -0.2) is 0 Å². The number of aryl methyl sites for hydroxylation is 1. The highest BCUT2D eigenvalue weighted by molar-refractivity contribution is 7.80. The number of alkyl halides is 3. The second-order valence-corrected chi connectivity index (χ2v) is 5.89. The van der Waals surface area contributed by atoms with Gasteiger partial charge in [-0.05, 0) is 31.6 Å². The van der Waals surface area contributed by atoms with Crippen LogP contribution in [0.2, 0.25) is 0 Å². The minimum Gasteiger partial charge on any atom is -0.466 e. The summed E-state index contributed by atoms with van der Waals surface area (Å²) in [5, 5.41) is 14.3. The first-order valence-corrected chi connectivity index (χ1v) is 7.62. The molecule has 0 radical (unpaired) electrons. The molecule has 1 aromatic carbocycles. The van der Waals surface area contributed by atoms with Crippen LogP contribution in [-0.2, 0) is 9.53 Å². The number of carbonyl (C=O) groups excluding carboxylic acids is 1. The van der Waals surface area contributed by atoms with Crippen LogP contribution in [0.15, 0.2) is 24.3 Å². The Labute approximate surface area is 142 Å². The fraction of sp³-hybridized carbons (Fsp3) is 0.467. The third-order valence-electron chi connectivity index (χ3n) is 3.78. The van der Waals surface area contributed by atoms with Crippen molar-refractivity contribution in [2.75, 3.05) is 6.61 Å². The number of hydrogen-bond acceptors (Lipinski definition) is 4. The molecule has 24 heavy (non-hydrogen) atoms. The van der Waals surface area contributed by atoms with Crippen LogP contribution < -0.4 is 10.6 Å². The first-order chi connectivity index (χ1) is 11.1. The van der Waals surface area contributed by atoms with Crippen molar-refractivity contribution in [2.24, 2.45) is 5.92 Å². The number of halogens is 3. The third kappa shape index (κ3) is 3.32. The molecule has 1 heterocycles. The zero-order valence-electron chi connectivity index (χ0n) is 13.0. The summed E-state index contributed by atoms with van der Waals surface area (Å²) in [4.78, 5) is 12.2. The highest BCUT2D eigenvalue weighted by atomic mass is 32.1. The minimum absolute atomic E-state index is 0.117. The van der Waals surface area contributed by atoms with Gasteiger partial charge in [-0.1, -0.05) is 29.8 Å². The van der Waals surface area contributed by atoms with E-state index in [1.54, 1.807) is 29.6 Å². The number of carbonyl (C=O) groups is 1. The number of rotatable bonds is 3. The number of esters is 1. The molecule has 0 aromatic heterocycles. The van der Waals surface area contributed by atoms with E-state index in [2.05, 4.69) is 5.32 Å². The Morgan fingerprint density at radius 2 is 1.96 bits per heavy atom. The summed E-state index contributed by atoms with van der Waals surface area (Å²) < 4.78 is 45.2. The highest BCUT2D eigenvalue weighted by Crippen LogP contribution is 2.43. The van der Waals surface area contributed by atoms with Crippen LogP contribution in [0.1, 0.15) is 24.1 Å². The first-order valence-electron chi connectivity index (χ1n) is 7.21. The van der Waals surface area contributed by atoms with Crippen LogP contribution >= 0.6 is 12.2 Å². The summed E-state index contributed by atoms with van der Waals surface area (Å²) >= 11 is 4.80. The molecule has 0 saturated carbocycles. The van der Waals surface area contributed by atoms with E-state index >= 15 is 0 Å². The smallest absolute Gasteiger partial charge is 0.437 e. The summed E-state index contributed by atoms with van der Waals surface area (Å²) in [6, 6.07) is 5.34. The molecule has 9 heteroatoms. The Balaban J connectivity index is 2.55. The summed E-state index contributed by atoms with van der Waals surface area (Å²) in [5.74, 6) is -3.14. The predicted molar refractivity (Wildman–Crippen MR) is 83.9 cm³/mol. The lowest BCUT2D eigenvalue weighted by atomic mass is 9.82. The molecule has 1 aromatic rings. The summed E-state index contributed by atoms with van der Waals surface area (Å²) in [6.45, 7) is 3.17. The molecular weight excluding hydrogens is 345 g/mol. The van der Waals surface area contributed by atoms with Crippen molar-refractivity contribution in [1.82, 2.24) is 10.6 Å². The Bertz CT molecular complexity index is 636.